The second-order valence-corrected chi connectivity index (χ2v) is 8.82. The molecule has 7 nitrogen and oxygen atoms in total. The van der Waals surface area contributed by atoms with Crippen LogP contribution in [0.5, 0.6) is 5.75 Å². The van der Waals surface area contributed by atoms with E-state index in [1.807, 2.05) is 42.2 Å². The molecular formula is C29H30N4O3. The minimum atomic E-state index is -0.483. The Hall–Kier alpha value is -4.23. The number of piperazine rings is 1. The third-order valence-electron chi connectivity index (χ3n) is 6.22. The van der Waals surface area contributed by atoms with Crippen LogP contribution in [0.3, 0.4) is 0 Å². The molecule has 1 amide bonds. The van der Waals surface area contributed by atoms with Gasteiger partial charge in [-0.05, 0) is 60.0 Å². The zero-order valence-electron chi connectivity index (χ0n) is 20.3. The highest BCUT2D eigenvalue weighted by molar-refractivity contribution is 5.96. The molecule has 0 aliphatic carbocycles. The topological polar surface area (TPSA) is 99.7 Å². The number of nitrogen functional groups attached to an aromatic ring is 1. The number of carbonyl (C=O) groups is 2. The number of benzene rings is 3. The van der Waals surface area contributed by atoms with Gasteiger partial charge in [0.05, 0.1) is 5.56 Å². The van der Waals surface area contributed by atoms with Gasteiger partial charge >= 0.3 is 5.97 Å². The molecule has 7 heteroatoms. The molecule has 36 heavy (non-hydrogen) atoms. The van der Waals surface area contributed by atoms with Gasteiger partial charge < -0.3 is 15.4 Å². The summed E-state index contributed by atoms with van der Waals surface area (Å²) in [5.41, 5.74) is 9.40. The van der Waals surface area contributed by atoms with E-state index in [-0.39, 0.29) is 11.7 Å². The second kappa shape index (κ2) is 11.5. The average molecular weight is 483 g/mol. The van der Waals surface area contributed by atoms with E-state index in [1.165, 1.54) is 5.56 Å². The highest BCUT2D eigenvalue weighted by atomic mass is 16.5. The summed E-state index contributed by atoms with van der Waals surface area (Å²) in [5.74, 6) is -0.150. The number of nitrogens with zero attached hydrogens (tertiary/aromatic N) is 2. The number of nitrogens with two attached hydrogens (primary N) is 1. The first kappa shape index (κ1) is 24.9. The van der Waals surface area contributed by atoms with E-state index in [2.05, 4.69) is 17.0 Å². The number of ether oxygens (including phenoxy) is 1. The van der Waals surface area contributed by atoms with Gasteiger partial charge in [0.2, 0.25) is 5.91 Å². The molecule has 0 atom stereocenters. The van der Waals surface area contributed by atoms with Crippen molar-refractivity contribution in [3.05, 3.63) is 107 Å². The molecule has 0 radical (unpaired) electrons. The lowest BCUT2D eigenvalue weighted by atomic mass is 10.0. The van der Waals surface area contributed by atoms with Gasteiger partial charge in [-0.1, -0.05) is 42.5 Å². The van der Waals surface area contributed by atoms with Crippen molar-refractivity contribution in [3.8, 4) is 5.75 Å². The maximum Gasteiger partial charge on any atom is 0.343 e. The van der Waals surface area contributed by atoms with Crippen molar-refractivity contribution in [2.45, 2.75) is 13.5 Å². The molecule has 1 aliphatic heterocycles. The minimum Gasteiger partial charge on any atom is -0.423 e. The van der Waals surface area contributed by atoms with Crippen molar-refractivity contribution in [2.24, 2.45) is 5.73 Å². The summed E-state index contributed by atoms with van der Waals surface area (Å²) in [5, 5.41) is 7.42. The molecule has 1 aliphatic rings. The van der Waals surface area contributed by atoms with Crippen molar-refractivity contribution < 1.29 is 14.3 Å². The summed E-state index contributed by atoms with van der Waals surface area (Å²) in [4.78, 5) is 29.5. The van der Waals surface area contributed by atoms with E-state index >= 15 is 0 Å². The maximum atomic E-state index is 12.8. The molecule has 3 aromatic rings. The van der Waals surface area contributed by atoms with Gasteiger partial charge in [-0.2, -0.15) is 0 Å². The number of allylic oxidation sites excluding steroid dienone is 1. The largest absolute Gasteiger partial charge is 0.423 e. The third-order valence-corrected chi connectivity index (χ3v) is 6.22. The molecule has 3 N–H and O–H groups in total. The standard InChI is InChI=1S/C29H30N4O3/c1-21(19-27(34)33-17-15-32(16-18-33)20-22-5-3-2-4-6-22)23-7-9-25(10-8-23)29(35)36-26-13-11-24(12-14-26)28(30)31/h2-14,19H,15-18,20H2,1H3,(H3,30,31)/b21-19+. The van der Waals surface area contributed by atoms with Crippen LogP contribution in [0.4, 0.5) is 0 Å². The highest BCUT2D eigenvalue weighted by Gasteiger charge is 2.20. The fraction of sp³-hybridized carbons (Fsp3) is 0.207. The maximum absolute atomic E-state index is 12.8. The number of carbonyl (C=O) groups excluding carboxylic acids is 2. The molecule has 0 spiro atoms. The van der Waals surface area contributed by atoms with Crippen molar-refractivity contribution >= 4 is 23.3 Å². The van der Waals surface area contributed by atoms with Crippen LogP contribution in [0.15, 0.2) is 84.9 Å². The number of hydrogen-bond acceptors (Lipinski definition) is 5. The summed E-state index contributed by atoms with van der Waals surface area (Å²) in [6.45, 7) is 5.90. The Labute approximate surface area is 211 Å². The molecule has 1 saturated heterocycles. The van der Waals surface area contributed by atoms with E-state index in [4.69, 9.17) is 15.9 Å². The zero-order chi connectivity index (χ0) is 25.5. The van der Waals surface area contributed by atoms with Crippen LogP contribution in [0.1, 0.15) is 34.0 Å². The number of amidine groups is 1. The number of amides is 1. The van der Waals surface area contributed by atoms with Crippen LogP contribution in [-0.4, -0.2) is 53.7 Å². The summed E-state index contributed by atoms with van der Waals surface area (Å²) in [6.07, 6.45) is 1.66. The van der Waals surface area contributed by atoms with E-state index < -0.39 is 5.97 Å². The molecule has 4 rings (SSSR count). The predicted molar refractivity (Wildman–Crippen MR) is 141 cm³/mol. The summed E-state index contributed by atoms with van der Waals surface area (Å²) < 4.78 is 5.40. The quantitative estimate of drug-likeness (QED) is 0.175. The normalized spacial score (nSPS) is 14.4. The predicted octanol–water partition coefficient (Wildman–Crippen LogP) is 3.94. The van der Waals surface area contributed by atoms with E-state index in [1.54, 1.807) is 42.5 Å². The van der Waals surface area contributed by atoms with Crippen molar-refractivity contribution in [1.82, 2.24) is 9.80 Å². The summed E-state index contributed by atoms with van der Waals surface area (Å²) in [7, 11) is 0. The first-order chi connectivity index (χ1) is 17.4. The fourth-order valence-electron chi connectivity index (χ4n) is 4.07. The minimum absolute atomic E-state index is 0.00403. The van der Waals surface area contributed by atoms with Gasteiger partial charge in [0, 0.05) is 44.4 Å². The number of esters is 1. The van der Waals surface area contributed by atoms with Crippen LogP contribution in [-0.2, 0) is 11.3 Å². The molecule has 0 aromatic heterocycles. The molecule has 184 valence electrons. The van der Waals surface area contributed by atoms with Crippen LogP contribution < -0.4 is 10.5 Å². The molecule has 0 saturated carbocycles. The van der Waals surface area contributed by atoms with Gasteiger partial charge in [0.25, 0.3) is 0 Å². The van der Waals surface area contributed by atoms with E-state index in [9.17, 15) is 9.59 Å². The number of nitrogens with one attached hydrogen (secondary N) is 1. The van der Waals surface area contributed by atoms with E-state index in [0.29, 0.717) is 30.0 Å². The second-order valence-electron chi connectivity index (χ2n) is 8.82. The van der Waals surface area contributed by atoms with Crippen LogP contribution in [0.25, 0.3) is 5.57 Å². The Morgan fingerprint density at radius 3 is 2.06 bits per heavy atom. The van der Waals surface area contributed by atoms with Gasteiger partial charge in [-0.25, -0.2) is 4.79 Å². The number of hydrogen-bond donors (Lipinski definition) is 2. The van der Waals surface area contributed by atoms with Crippen molar-refractivity contribution in [1.29, 1.82) is 5.41 Å². The summed E-state index contributed by atoms with van der Waals surface area (Å²) in [6, 6.07) is 23.8. The Morgan fingerprint density at radius 1 is 0.861 bits per heavy atom. The first-order valence-electron chi connectivity index (χ1n) is 11.9. The molecule has 0 unspecified atom stereocenters. The Balaban J connectivity index is 1.30. The Kier molecular flexibility index (Phi) is 7.92. The lowest BCUT2D eigenvalue weighted by Crippen LogP contribution is -2.47. The van der Waals surface area contributed by atoms with Crippen LogP contribution in [0.2, 0.25) is 0 Å². The third kappa shape index (κ3) is 6.46. The van der Waals surface area contributed by atoms with Crippen LogP contribution >= 0.6 is 0 Å². The Morgan fingerprint density at radius 2 is 1.44 bits per heavy atom. The smallest absolute Gasteiger partial charge is 0.343 e. The van der Waals surface area contributed by atoms with E-state index in [0.717, 1.165) is 30.8 Å². The van der Waals surface area contributed by atoms with Gasteiger partial charge in [-0.3, -0.25) is 15.1 Å². The first-order valence-corrected chi connectivity index (χ1v) is 11.9. The van der Waals surface area contributed by atoms with Crippen molar-refractivity contribution in [3.63, 3.8) is 0 Å². The average Bonchev–Trinajstić information content (AvgIpc) is 2.90. The number of rotatable bonds is 7. The zero-order valence-corrected chi connectivity index (χ0v) is 20.3. The molecule has 3 aromatic carbocycles. The fourth-order valence-corrected chi connectivity index (χ4v) is 4.07. The van der Waals surface area contributed by atoms with Gasteiger partial charge in [0.15, 0.2) is 0 Å². The Bertz CT molecular complexity index is 1240. The molecule has 0 bridgehead atoms. The molecule has 1 heterocycles. The molecular weight excluding hydrogens is 452 g/mol. The lowest BCUT2D eigenvalue weighted by molar-refractivity contribution is -0.127. The highest BCUT2D eigenvalue weighted by Crippen LogP contribution is 2.18. The molecule has 1 fully saturated rings. The van der Waals surface area contributed by atoms with Gasteiger partial charge in [0.1, 0.15) is 11.6 Å². The lowest BCUT2D eigenvalue weighted by Gasteiger charge is -2.34. The van der Waals surface area contributed by atoms with Crippen LogP contribution in [0, 0.1) is 5.41 Å². The van der Waals surface area contributed by atoms with Gasteiger partial charge in [-0.15, -0.1) is 0 Å². The van der Waals surface area contributed by atoms with Crippen molar-refractivity contribution in [2.75, 3.05) is 26.2 Å². The monoisotopic (exact) mass is 482 g/mol. The SMILES string of the molecule is C/C(=C\C(=O)N1CCN(Cc2ccccc2)CC1)c1ccc(C(=O)Oc2ccc(C(=N)N)cc2)cc1. The summed E-state index contributed by atoms with van der Waals surface area (Å²) >= 11 is 0.